The van der Waals surface area contributed by atoms with E-state index >= 15 is 4.57 Å². The van der Waals surface area contributed by atoms with Crippen molar-refractivity contribution in [1.82, 2.24) is 10.6 Å². The minimum atomic E-state index is -4.01. The van der Waals surface area contributed by atoms with Gasteiger partial charge in [-0.05, 0) is 29.2 Å². The summed E-state index contributed by atoms with van der Waals surface area (Å²) in [7, 11) is -4.01. The first kappa shape index (κ1) is 29.6. The average Bonchev–Trinajstić information content (AvgIpc) is 3.02. The number of benzene rings is 4. The molecule has 212 valence electrons. The Morgan fingerprint density at radius 3 is 1.29 bits per heavy atom. The van der Waals surface area contributed by atoms with Crippen molar-refractivity contribution < 1.29 is 28.2 Å². The quantitative estimate of drug-likeness (QED) is 0.170. The predicted molar refractivity (Wildman–Crippen MR) is 157 cm³/mol. The molecule has 4 aromatic rings. The van der Waals surface area contributed by atoms with E-state index in [2.05, 4.69) is 10.6 Å². The van der Waals surface area contributed by atoms with E-state index in [1.54, 1.807) is 55.5 Å². The molecule has 41 heavy (non-hydrogen) atoms. The maximum Gasteiger partial charge on any atom is 0.408 e. The summed E-state index contributed by atoms with van der Waals surface area (Å²) in [5.74, 6) is -2.29. The molecule has 9 heteroatoms. The Kier molecular flexibility index (Phi) is 10.7. The fourth-order valence-electron chi connectivity index (χ4n) is 4.29. The molecule has 2 unspecified atom stereocenters. The van der Waals surface area contributed by atoms with Crippen molar-refractivity contribution in [3.05, 3.63) is 144 Å². The van der Waals surface area contributed by atoms with Crippen LogP contribution in [0.4, 0.5) is 9.59 Å². The van der Waals surface area contributed by atoms with Crippen molar-refractivity contribution in [1.29, 1.82) is 0 Å². The van der Waals surface area contributed by atoms with Gasteiger partial charge in [0.25, 0.3) is 7.37 Å². The van der Waals surface area contributed by atoms with Crippen molar-refractivity contribution >= 4 is 19.6 Å². The van der Waals surface area contributed by atoms with Crippen molar-refractivity contribution in [3.63, 3.8) is 0 Å². The van der Waals surface area contributed by atoms with Gasteiger partial charge >= 0.3 is 12.2 Å². The summed E-state index contributed by atoms with van der Waals surface area (Å²) in [5, 5.41) is 5.54. The first-order valence-electron chi connectivity index (χ1n) is 13.3. The van der Waals surface area contributed by atoms with Crippen LogP contribution in [0.1, 0.15) is 40.7 Å². The van der Waals surface area contributed by atoms with E-state index in [0.717, 1.165) is 11.1 Å². The van der Waals surface area contributed by atoms with E-state index in [4.69, 9.17) is 14.0 Å². The van der Waals surface area contributed by atoms with E-state index in [1.165, 1.54) is 0 Å². The Morgan fingerprint density at radius 1 is 0.610 bits per heavy atom. The lowest BCUT2D eigenvalue weighted by atomic mass is 10.2. The largest absolute Gasteiger partial charge is 0.445 e. The van der Waals surface area contributed by atoms with Crippen molar-refractivity contribution in [2.45, 2.75) is 31.7 Å². The van der Waals surface area contributed by atoms with Gasteiger partial charge in [-0.15, -0.1) is 0 Å². The molecule has 4 rings (SSSR count). The smallest absolute Gasteiger partial charge is 0.408 e. The van der Waals surface area contributed by atoms with Gasteiger partial charge in [0, 0.05) is 0 Å². The SMILES string of the molecule is CCOP(=O)(C(NC(=O)OCc1ccccc1)c1ccccc1)C(NC(=O)OCc1ccccc1)c1ccccc1. The van der Waals surface area contributed by atoms with Crippen LogP contribution in [-0.2, 0) is 31.8 Å². The summed E-state index contributed by atoms with van der Waals surface area (Å²) < 4.78 is 32.0. The molecule has 4 aromatic carbocycles. The lowest BCUT2D eigenvalue weighted by Crippen LogP contribution is -2.36. The van der Waals surface area contributed by atoms with Crippen LogP contribution in [0, 0.1) is 0 Å². The second-order valence-electron chi connectivity index (χ2n) is 9.10. The van der Waals surface area contributed by atoms with Gasteiger partial charge in [0.1, 0.15) is 24.8 Å². The lowest BCUT2D eigenvalue weighted by Gasteiger charge is -2.34. The molecule has 0 aliphatic rings. The van der Waals surface area contributed by atoms with Gasteiger partial charge in [-0.1, -0.05) is 121 Å². The number of amides is 2. The second kappa shape index (κ2) is 14.8. The van der Waals surface area contributed by atoms with Crippen molar-refractivity contribution in [2.24, 2.45) is 0 Å². The Hall–Kier alpha value is -4.39. The van der Waals surface area contributed by atoms with Gasteiger partial charge in [-0.2, -0.15) is 0 Å². The lowest BCUT2D eigenvalue weighted by molar-refractivity contribution is 0.136. The molecule has 0 aliphatic carbocycles. The minimum absolute atomic E-state index is 0.0271. The Balaban J connectivity index is 1.65. The molecule has 0 fully saturated rings. The standard InChI is InChI=1S/C32H33N2O6P/c1-2-40-41(37,29(27-19-11-5-12-20-27)33-31(35)38-23-25-15-7-3-8-16-25)30(28-21-13-6-14-22-28)34-32(36)39-24-26-17-9-4-10-18-26/h3-22,29-30H,2,23-24H2,1H3,(H,33,35)(H,34,36). The molecule has 0 aliphatic heterocycles. The molecular formula is C32H33N2O6P. The van der Waals surface area contributed by atoms with E-state index in [-0.39, 0.29) is 19.8 Å². The molecule has 0 saturated carbocycles. The second-order valence-corrected chi connectivity index (χ2v) is 11.7. The van der Waals surface area contributed by atoms with E-state index in [0.29, 0.717) is 11.1 Å². The third kappa shape index (κ3) is 8.30. The van der Waals surface area contributed by atoms with Crippen molar-refractivity contribution in [2.75, 3.05) is 6.61 Å². The number of rotatable bonds is 12. The third-order valence-corrected chi connectivity index (χ3v) is 9.17. The summed E-state index contributed by atoms with van der Waals surface area (Å²) in [4.78, 5) is 26.1. The number of carbonyl (C=O) groups excluding carboxylic acids is 2. The van der Waals surface area contributed by atoms with E-state index in [9.17, 15) is 9.59 Å². The van der Waals surface area contributed by atoms with Gasteiger partial charge in [0.05, 0.1) is 6.61 Å². The monoisotopic (exact) mass is 572 g/mol. The van der Waals surface area contributed by atoms with Crippen LogP contribution in [0.15, 0.2) is 121 Å². The molecule has 0 spiro atoms. The normalized spacial score (nSPS) is 13.7. The van der Waals surface area contributed by atoms with Crippen LogP contribution in [0.2, 0.25) is 0 Å². The molecule has 0 saturated heterocycles. The molecule has 0 radical (unpaired) electrons. The number of ether oxygens (including phenoxy) is 2. The Labute approximate surface area is 240 Å². The van der Waals surface area contributed by atoms with Crippen LogP contribution in [-0.4, -0.2) is 18.8 Å². The number of hydrogen-bond donors (Lipinski definition) is 2. The molecular weight excluding hydrogens is 539 g/mol. The molecule has 0 bridgehead atoms. The fraction of sp³-hybridized carbons (Fsp3) is 0.188. The summed E-state index contributed by atoms with van der Waals surface area (Å²) in [6.45, 7) is 1.82. The number of nitrogens with one attached hydrogen (secondary N) is 2. The van der Waals surface area contributed by atoms with E-state index < -0.39 is 31.1 Å². The molecule has 2 atom stereocenters. The highest BCUT2D eigenvalue weighted by atomic mass is 31.2. The van der Waals surface area contributed by atoms with Crippen LogP contribution in [0.3, 0.4) is 0 Å². The van der Waals surface area contributed by atoms with Gasteiger partial charge < -0.3 is 24.6 Å². The zero-order valence-corrected chi connectivity index (χ0v) is 23.6. The topological polar surface area (TPSA) is 103 Å². The summed E-state index contributed by atoms with van der Waals surface area (Å²) in [5.41, 5.74) is 2.66. The summed E-state index contributed by atoms with van der Waals surface area (Å²) in [6.07, 6.45) is -1.55. The fourth-order valence-corrected chi connectivity index (χ4v) is 7.03. The Bertz CT molecular complexity index is 1320. The molecule has 2 amide bonds. The van der Waals surface area contributed by atoms with Gasteiger partial charge in [0.2, 0.25) is 0 Å². The van der Waals surface area contributed by atoms with E-state index in [1.807, 2.05) is 72.8 Å². The Morgan fingerprint density at radius 2 is 0.951 bits per heavy atom. The highest BCUT2D eigenvalue weighted by molar-refractivity contribution is 7.59. The first-order chi connectivity index (χ1) is 20.0. The highest BCUT2D eigenvalue weighted by Gasteiger charge is 2.46. The van der Waals surface area contributed by atoms with Crippen LogP contribution in [0.25, 0.3) is 0 Å². The summed E-state index contributed by atoms with van der Waals surface area (Å²) in [6, 6.07) is 36.1. The minimum Gasteiger partial charge on any atom is -0.445 e. The molecule has 0 heterocycles. The van der Waals surface area contributed by atoms with Crippen LogP contribution in [0.5, 0.6) is 0 Å². The number of hydrogen-bond acceptors (Lipinski definition) is 6. The highest BCUT2D eigenvalue weighted by Crippen LogP contribution is 2.67. The molecule has 2 N–H and O–H groups in total. The first-order valence-corrected chi connectivity index (χ1v) is 15.0. The van der Waals surface area contributed by atoms with Gasteiger partial charge in [0.15, 0.2) is 0 Å². The summed E-state index contributed by atoms with van der Waals surface area (Å²) >= 11 is 0. The zero-order valence-electron chi connectivity index (χ0n) is 22.7. The van der Waals surface area contributed by atoms with Crippen LogP contribution >= 0.6 is 7.37 Å². The number of carbonyl (C=O) groups is 2. The van der Waals surface area contributed by atoms with Crippen LogP contribution < -0.4 is 10.6 Å². The maximum absolute atomic E-state index is 15.1. The average molecular weight is 573 g/mol. The zero-order chi connectivity index (χ0) is 28.9. The number of alkyl carbamates (subject to hydrolysis) is 2. The van der Waals surface area contributed by atoms with Gasteiger partial charge in [-0.3, -0.25) is 4.57 Å². The third-order valence-electron chi connectivity index (χ3n) is 6.22. The maximum atomic E-state index is 15.1. The van der Waals surface area contributed by atoms with Crippen molar-refractivity contribution in [3.8, 4) is 0 Å². The van der Waals surface area contributed by atoms with Gasteiger partial charge in [-0.25, -0.2) is 9.59 Å². The predicted octanol–water partition coefficient (Wildman–Crippen LogP) is 7.55. The molecule has 8 nitrogen and oxygen atoms in total. The molecule has 0 aromatic heterocycles.